The van der Waals surface area contributed by atoms with Gasteiger partial charge in [0.1, 0.15) is 21.5 Å². The Bertz CT molecular complexity index is 605. The highest BCUT2D eigenvalue weighted by Crippen LogP contribution is 2.35. The van der Waals surface area contributed by atoms with Gasteiger partial charge in [0.25, 0.3) is 0 Å². The van der Waals surface area contributed by atoms with Crippen molar-refractivity contribution in [2.75, 3.05) is 5.75 Å². The molecule has 3 nitrogen and oxygen atoms in total. The number of aryl methyl sites for hydroxylation is 3. The van der Waals surface area contributed by atoms with Crippen molar-refractivity contribution in [1.82, 2.24) is 9.97 Å². The second-order valence-electron chi connectivity index (χ2n) is 4.34. The number of rotatable bonds is 4. The molecule has 2 heterocycles. The van der Waals surface area contributed by atoms with Gasteiger partial charge in [-0.3, -0.25) is 4.79 Å². The molecule has 0 aliphatic carbocycles. The predicted molar refractivity (Wildman–Crippen MR) is 77.6 cm³/mol. The molecule has 0 spiro atoms. The van der Waals surface area contributed by atoms with E-state index in [0.29, 0.717) is 6.42 Å². The summed E-state index contributed by atoms with van der Waals surface area (Å²) in [5.74, 6) is 1.81. The molecule has 0 saturated heterocycles. The second kappa shape index (κ2) is 5.36. The first-order chi connectivity index (χ1) is 8.49. The zero-order valence-electron chi connectivity index (χ0n) is 11.0. The summed E-state index contributed by atoms with van der Waals surface area (Å²) in [5.41, 5.74) is 1.26. The van der Waals surface area contributed by atoms with E-state index in [1.165, 1.54) is 10.4 Å². The molecule has 0 N–H and O–H groups in total. The van der Waals surface area contributed by atoms with E-state index in [2.05, 4.69) is 23.8 Å². The molecule has 0 unspecified atom stereocenters. The molecule has 0 fully saturated rings. The Kier molecular flexibility index (Phi) is 4.02. The fourth-order valence-corrected chi connectivity index (χ4v) is 4.02. The van der Waals surface area contributed by atoms with Crippen molar-refractivity contribution < 1.29 is 4.79 Å². The monoisotopic (exact) mass is 280 g/mol. The summed E-state index contributed by atoms with van der Waals surface area (Å²) >= 11 is 3.37. The first kappa shape index (κ1) is 13.5. The lowest BCUT2D eigenvalue weighted by atomic mass is 10.2. The number of carbonyl (C=O) groups excluding carboxylic acids is 1. The third-order valence-corrected chi connectivity index (χ3v) is 4.88. The highest BCUT2D eigenvalue weighted by molar-refractivity contribution is 7.99. The SMILES string of the molecule is CC(=O)CCSc1nc(C)nc2sc(C)c(C)c12. The number of nitrogens with zero attached hydrogens (tertiary/aromatic N) is 2. The van der Waals surface area contributed by atoms with Gasteiger partial charge in [-0.05, 0) is 33.3 Å². The van der Waals surface area contributed by atoms with E-state index in [4.69, 9.17) is 0 Å². The van der Waals surface area contributed by atoms with Crippen LogP contribution in [0.5, 0.6) is 0 Å². The zero-order chi connectivity index (χ0) is 13.3. The van der Waals surface area contributed by atoms with Gasteiger partial charge < -0.3 is 0 Å². The summed E-state index contributed by atoms with van der Waals surface area (Å²) in [7, 11) is 0. The molecule has 5 heteroatoms. The van der Waals surface area contributed by atoms with Crippen LogP contribution in [0.15, 0.2) is 5.03 Å². The minimum absolute atomic E-state index is 0.225. The first-order valence-electron chi connectivity index (χ1n) is 5.85. The van der Waals surface area contributed by atoms with Crippen molar-refractivity contribution in [3.63, 3.8) is 0 Å². The van der Waals surface area contributed by atoms with Crippen LogP contribution in [0.3, 0.4) is 0 Å². The summed E-state index contributed by atoms with van der Waals surface area (Å²) in [6, 6.07) is 0. The summed E-state index contributed by atoms with van der Waals surface area (Å²) in [6.07, 6.45) is 0.595. The zero-order valence-corrected chi connectivity index (χ0v) is 12.7. The number of thioether (sulfide) groups is 1. The molecule has 0 aromatic carbocycles. The van der Waals surface area contributed by atoms with Crippen LogP contribution in [0.2, 0.25) is 0 Å². The fraction of sp³-hybridized carbons (Fsp3) is 0.462. The number of ketones is 1. The molecule has 2 aromatic rings. The van der Waals surface area contributed by atoms with Gasteiger partial charge in [0.2, 0.25) is 0 Å². The molecule has 0 aliphatic rings. The van der Waals surface area contributed by atoms with Crippen LogP contribution in [0.4, 0.5) is 0 Å². The van der Waals surface area contributed by atoms with Crippen LogP contribution >= 0.6 is 23.1 Å². The smallest absolute Gasteiger partial charge is 0.130 e. The largest absolute Gasteiger partial charge is 0.300 e. The summed E-state index contributed by atoms with van der Waals surface area (Å²) < 4.78 is 0. The summed E-state index contributed by atoms with van der Waals surface area (Å²) in [4.78, 5) is 22.3. The number of aromatic nitrogens is 2. The van der Waals surface area contributed by atoms with Gasteiger partial charge in [0.05, 0.1) is 0 Å². The fourth-order valence-electron chi connectivity index (χ4n) is 1.71. The van der Waals surface area contributed by atoms with Crippen LogP contribution in [-0.2, 0) is 4.79 Å². The standard InChI is InChI=1S/C13H16N2OS2/c1-7(16)5-6-17-12-11-8(2)9(3)18-13(11)15-10(4)14-12/h5-6H2,1-4H3. The summed E-state index contributed by atoms with van der Waals surface area (Å²) in [6.45, 7) is 7.77. The van der Waals surface area contributed by atoms with Gasteiger partial charge >= 0.3 is 0 Å². The number of fused-ring (bicyclic) bond motifs is 1. The van der Waals surface area contributed by atoms with E-state index >= 15 is 0 Å². The molecule has 0 atom stereocenters. The third kappa shape index (κ3) is 2.72. The molecule has 2 aromatic heterocycles. The maximum absolute atomic E-state index is 11.0. The molecule has 0 saturated carbocycles. The highest BCUT2D eigenvalue weighted by Gasteiger charge is 2.13. The average molecular weight is 280 g/mol. The number of hydrogen-bond donors (Lipinski definition) is 0. The average Bonchev–Trinajstić information content (AvgIpc) is 2.53. The lowest BCUT2D eigenvalue weighted by molar-refractivity contribution is -0.116. The van der Waals surface area contributed by atoms with Crippen molar-refractivity contribution >= 4 is 39.1 Å². The van der Waals surface area contributed by atoms with Crippen LogP contribution in [0, 0.1) is 20.8 Å². The Labute approximate surface area is 115 Å². The van der Waals surface area contributed by atoms with Gasteiger partial charge in [-0.25, -0.2) is 9.97 Å². The Morgan fingerprint density at radius 3 is 2.67 bits per heavy atom. The van der Waals surface area contributed by atoms with E-state index in [-0.39, 0.29) is 5.78 Å². The molecule has 0 radical (unpaired) electrons. The van der Waals surface area contributed by atoms with E-state index < -0.39 is 0 Å². The minimum Gasteiger partial charge on any atom is -0.300 e. The molecular formula is C13H16N2OS2. The molecule has 96 valence electrons. The second-order valence-corrected chi connectivity index (χ2v) is 6.63. The van der Waals surface area contributed by atoms with E-state index in [0.717, 1.165) is 26.8 Å². The van der Waals surface area contributed by atoms with Crippen LogP contribution in [0.25, 0.3) is 10.2 Å². The normalized spacial score (nSPS) is 11.1. The van der Waals surface area contributed by atoms with Crippen molar-refractivity contribution in [3.8, 4) is 0 Å². The molecule has 0 bridgehead atoms. The molecule has 18 heavy (non-hydrogen) atoms. The number of Topliss-reactive ketones (excluding diaryl/α,β-unsaturated/α-hetero) is 1. The van der Waals surface area contributed by atoms with Gasteiger partial charge in [-0.1, -0.05) is 0 Å². The van der Waals surface area contributed by atoms with Gasteiger partial charge in [0, 0.05) is 22.4 Å². The Hall–Kier alpha value is -0.940. The van der Waals surface area contributed by atoms with E-state index in [1.807, 2.05) is 6.92 Å². The molecular weight excluding hydrogens is 264 g/mol. The predicted octanol–water partition coefficient (Wildman–Crippen LogP) is 3.69. The van der Waals surface area contributed by atoms with Crippen molar-refractivity contribution in [1.29, 1.82) is 0 Å². The van der Waals surface area contributed by atoms with Crippen molar-refractivity contribution in [2.45, 2.75) is 39.1 Å². The number of thiophene rings is 1. The molecule has 0 aliphatic heterocycles. The van der Waals surface area contributed by atoms with Crippen molar-refractivity contribution in [2.24, 2.45) is 0 Å². The Morgan fingerprint density at radius 1 is 1.28 bits per heavy atom. The van der Waals surface area contributed by atoms with Gasteiger partial charge in [-0.15, -0.1) is 23.1 Å². The number of carbonyl (C=O) groups is 1. The third-order valence-electron chi connectivity index (χ3n) is 2.80. The molecule has 0 amide bonds. The quantitative estimate of drug-likeness (QED) is 0.633. The van der Waals surface area contributed by atoms with Crippen molar-refractivity contribution in [3.05, 3.63) is 16.3 Å². The Balaban J connectivity index is 2.38. The van der Waals surface area contributed by atoms with Gasteiger partial charge in [0.15, 0.2) is 0 Å². The Morgan fingerprint density at radius 2 is 2.00 bits per heavy atom. The summed E-state index contributed by atoms with van der Waals surface area (Å²) in [5, 5.41) is 2.18. The number of hydrogen-bond acceptors (Lipinski definition) is 5. The van der Waals surface area contributed by atoms with Gasteiger partial charge in [-0.2, -0.15) is 0 Å². The first-order valence-corrected chi connectivity index (χ1v) is 7.66. The van der Waals surface area contributed by atoms with Crippen LogP contribution < -0.4 is 0 Å². The van der Waals surface area contributed by atoms with Crippen LogP contribution in [0.1, 0.15) is 29.6 Å². The van der Waals surface area contributed by atoms with Crippen LogP contribution in [-0.4, -0.2) is 21.5 Å². The maximum Gasteiger partial charge on any atom is 0.130 e. The maximum atomic E-state index is 11.0. The molecule has 2 rings (SSSR count). The lowest BCUT2D eigenvalue weighted by Crippen LogP contribution is -1.95. The minimum atomic E-state index is 0.225. The highest BCUT2D eigenvalue weighted by atomic mass is 32.2. The topological polar surface area (TPSA) is 42.9 Å². The van der Waals surface area contributed by atoms with E-state index in [9.17, 15) is 4.79 Å². The van der Waals surface area contributed by atoms with E-state index in [1.54, 1.807) is 30.0 Å². The lowest BCUT2D eigenvalue weighted by Gasteiger charge is -2.04.